The van der Waals surface area contributed by atoms with Crippen molar-refractivity contribution >= 4 is 9.84 Å². The standard InChI is InChI=1S/C29H29N5O4S/c1-4-6-10-26-33-28(35)27(29(36)34(26)25(5-2)24-9-7-8-21(17-30)32-24)39(37,38)22-13-11-20(12-14-22)23-15-16-31-18-19(23)3/h7-9,11-16,18,25,35H,4-6,10H2,1-3H3/t25-/m0/s1. The number of benzene rings is 1. The number of pyridine rings is 2. The summed E-state index contributed by atoms with van der Waals surface area (Å²) in [5.74, 6) is -0.567. The summed E-state index contributed by atoms with van der Waals surface area (Å²) in [6, 6.07) is 14.2. The molecular weight excluding hydrogens is 514 g/mol. The highest BCUT2D eigenvalue weighted by Gasteiger charge is 2.32. The van der Waals surface area contributed by atoms with E-state index in [0.717, 1.165) is 23.1 Å². The fraction of sp³-hybridized carbons (Fsp3) is 0.276. The van der Waals surface area contributed by atoms with Gasteiger partial charge in [-0.3, -0.25) is 14.3 Å². The Morgan fingerprint density at radius 2 is 1.82 bits per heavy atom. The van der Waals surface area contributed by atoms with Gasteiger partial charge in [0.25, 0.3) is 5.56 Å². The molecule has 1 N–H and O–H groups in total. The molecule has 4 rings (SSSR count). The largest absolute Gasteiger partial charge is 0.492 e. The van der Waals surface area contributed by atoms with E-state index < -0.39 is 32.2 Å². The van der Waals surface area contributed by atoms with Gasteiger partial charge in [0, 0.05) is 18.8 Å². The Morgan fingerprint density at radius 3 is 2.46 bits per heavy atom. The van der Waals surface area contributed by atoms with Crippen molar-refractivity contribution in [1.29, 1.82) is 5.26 Å². The van der Waals surface area contributed by atoms with E-state index in [0.29, 0.717) is 25.0 Å². The number of hydrogen-bond donors (Lipinski definition) is 1. The second kappa shape index (κ2) is 11.6. The van der Waals surface area contributed by atoms with Gasteiger partial charge in [0.2, 0.25) is 15.7 Å². The van der Waals surface area contributed by atoms with Crippen molar-refractivity contribution in [1.82, 2.24) is 19.5 Å². The Balaban J connectivity index is 1.88. The molecule has 0 radical (unpaired) electrons. The molecule has 1 aromatic carbocycles. The van der Waals surface area contributed by atoms with Gasteiger partial charge in [-0.05, 0) is 66.8 Å². The van der Waals surface area contributed by atoms with Crippen molar-refractivity contribution < 1.29 is 13.5 Å². The molecule has 9 nitrogen and oxygen atoms in total. The molecule has 0 amide bonds. The molecule has 0 aliphatic rings. The Hall–Kier alpha value is -4.36. The number of aryl methyl sites for hydroxylation is 2. The van der Waals surface area contributed by atoms with Crippen LogP contribution in [0.2, 0.25) is 0 Å². The van der Waals surface area contributed by atoms with Crippen molar-refractivity contribution in [2.45, 2.75) is 62.3 Å². The predicted octanol–water partition coefficient (Wildman–Crippen LogP) is 4.76. The Labute approximate surface area is 227 Å². The van der Waals surface area contributed by atoms with Crippen LogP contribution < -0.4 is 5.56 Å². The van der Waals surface area contributed by atoms with Crippen LogP contribution >= 0.6 is 0 Å². The lowest BCUT2D eigenvalue weighted by atomic mass is 10.0. The zero-order valence-corrected chi connectivity index (χ0v) is 22.8. The number of unbranched alkanes of at least 4 members (excludes halogenated alkanes) is 1. The van der Waals surface area contributed by atoms with Crippen molar-refractivity contribution in [3.05, 3.63) is 94.1 Å². The number of nitrogens with zero attached hydrogens (tertiary/aromatic N) is 5. The molecule has 3 heterocycles. The molecule has 0 spiro atoms. The highest BCUT2D eigenvalue weighted by atomic mass is 32.2. The van der Waals surface area contributed by atoms with Gasteiger partial charge in [-0.15, -0.1) is 0 Å². The number of sulfone groups is 1. The van der Waals surface area contributed by atoms with Gasteiger partial charge in [-0.2, -0.15) is 10.2 Å². The van der Waals surface area contributed by atoms with E-state index in [2.05, 4.69) is 15.0 Å². The first-order valence-corrected chi connectivity index (χ1v) is 14.2. The average Bonchev–Trinajstić information content (AvgIpc) is 2.94. The number of nitriles is 1. The van der Waals surface area contributed by atoms with Crippen molar-refractivity contribution in [2.24, 2.45) is 0 Å². The molecule has 3 aromatic heterocycles. The van der Waals surface area contributed by atoms with Gasteiger partial charge < -0.3 is 5.11 Å². The lowest BCUT2D eigenvalue weighted by Gasteiger charge is -2.22. The van der Waals surface area contributed by atoms with Crippen molar-refractivity contribution in [3.63, 3.8) is 0 Å². The quantitative estimate of drug-likeness (QED) is 0.319. The molecule has 0 unspecified atom stereocenters. The van der Waals surface area contributed by atoms with Gasteiger partial charge in [0.1, 0.15) is 17.6 Å². The summed E-state index contributed by atoms with van der Waals surface area (Å²) in [6.07, 6.45) is 5.60. The SMILES string of the molecule is CCCCc1nc(O)c(S(=O)(=O)c2ccc(-c3ccncc3C)cc2)c(=O)n1[C@@H](CC)c1cccc(C#N)n1. The summed E-state index contributed by atoms with van der Waals surface area (Å²) in [7, 11) is -4.44. The number of aromatic nitrogens is 4. The average molecular weight is 544 g/mol. The summed E-state index contributed by atoms with van der Waals surface area (Å²) < 4.78 is 28.8. The molecule has 0 saturated carbocycles. The molecule has 200 valence electrons. The van der Waals surface area contributed by atoms with E-state index in [9.17, 15) is 23.6 Å². The topological polar surface area (TPSA) is 139 Å². The lowest BCUT2D eigenvalue weighted by Crippen LogP contribution is -2.34. The summed E-state index contributed by atoms with van der Waals surface area (Å²) in [5, 5.41) is 20.1. The first-order valence-electron chi connectivity index (χ1n) is 12.7. The van der Waals surface area contributed by atoms with Crippen LogP contribution in [0.15, 0.2) is 75.5 Å². The molecule has 0 saturated heterocycles. The van der Waals surface area contributed by atoms with E-state index in [-0.39, 0.29) is 16.4 Å². The number of hydrogen-bond acceptors (Lipinski definition) is 8. The van der Waals surface area contributed by atoms with Crippen LogP contribution in [-0.4, -0.2) is 33.0 Å². The van der Waals surface area contributed by atoms with Gasteiger partial charge >= 0.3 is 0 Å². The van der Waals surface area contributed by atoms with Gasteiger partial charge in [-0.1, -0.05) is 38.5 Å². The van der Waals surface area contributed by atoms with Crippen LogP contribution in [-0.2, 0) is 16.3 Å². The Bertz CT molecular complexity index is 1710. The van der Waals surface area contributed by atoms with E-state index in [1.165, 1.54) is 16.7 Å². The minimum Gasteiger partial charge on any atom is -0.492 e. The maximum atomic E-state index is 13.9. The predicted molar refractivity (Wildman–Crippen MR) is 146 cm³/mol. The number of aromatic hydroxyl groups is 1. The molecule has 0 bridgehead atoms. The molecule has 1 atom stereocenters. The molecule has 0 fully saturated rings. The highest BCUT2D eigenvalue weighted by molar-refractivity contribution is 7.91. The molecule has 39 heavy (non-hydrogen) atoms. The Kier molecular flexibility index (Phi) is 8.21. The van der Waals surface area contributed by atoms with E-state index in [1.54, 1.807) is 42.7 Å². The fourth-order valence-corrected chi connectivity index (χ4v) is 5.91. The highest BCUT2D eigenvalue weighted by Crippen LogP contribution is 2.30. The van der Waals surface area contributed by atoms with Crippen LogP contribution in [0.5, 0.6) is 5.88 Å². The first kappa shape index (κ1) is 27.7. The van der Waals surface area contributed by atoms with E-state index in [1.807, 2.05) is 32.9 Å². The van der Waals surface area contributed by atoms with Crippen molar-refractivity contribution in [3.8, 4) is 23.1 Å². The van der Waals surface area contributed by atoms with Crippen LogP contribution in [0.25, 0.3) is 11.1 Å². The summed E-state index contributed by atoms with van der Waals surface area (Å²) in [4.78, 5) is 25.7. The monoisotopic (exact) mass is 543 g/mol. The van der Waals surface area contributed by atoms with Gasteiger partial charge in [0.05, 0.1) is 16.6 Å². The zero-order valence-electron chi connectivity index (χ0n) is 22.0. The molecule has 4 aromatic rings. The van der Waals surface area contributed by atoms with E-state index in [4.69, 9.17) is 0 Å². The van der Waals surface area contributed by atoms with Gasteiger partial charge in [0.15, 0.2) is 4.90 Å². The molecule has 0 aliphatic carbocycles. The second-order valence-corrected chi connectivity index (χ2v) is 11.0. The zero-order chi connectivity index (χ0) is 28.2. The minimum absolute atomic E-state index is 0.141. The maximum absolute atomic E-state index is 13.9. The summed E-state index contributed by atoms with van der Waals surface area (Å²) >= 11 is 0. The molecular formula is C29H29N5O4S. The number of rotatable bonds is 9. The third-order valence-electron chi connectivity index (χ3n) is 6.57. The lowest BCUT2D eigenvalue weighted by molar-refractivity contribution is 0.405. The fourth-order valence-electron chi connectivity index (χ4n) is 4.57. The molecule has 10 heteroatoms. The maximum Gasteiger partial charge on any atom is 0.277 e. The van der Waals surface area contributed by atoms with Crippen LogP contribution in [0.4, 0.5) is 0 Å². The Morgan fingerprint density at radius 1 is 1.08 bits per heavy atom. The first-order chi connectivity index (χ1) is 18.7. The molecule has 0 aliphatic heterocycles. The van der Waals surface area contributed by atoms with Crippen LogP contribution in [0, 0.1) is 18.3 Å². The summed E-state index contributed by atoms with van der Waals surface area (Å²) in [6.45, 7) is 5.72. The summed E-state index contributed by atoms with van der Waals surface area (Å²) in [5.41, 5.74) is 2.36. The van der Waals surface area contributed by atoms with Crippen LogP contribution in [0.1, 0.15) is 61.9 Å². The van der Waals surface area contributed by atoms with Crippen LogP contribution in [0.3, 0.4) is 0 Å². The third kappa shape index (κ3) is 5.45. The minimum atomic E-state index is -4.44. The van der Waals surface area contributed by atoms with E-state index >= 15 is 0 Å². The van der Waals surface area contributed by atoms with Crippen molar-refractivity contribution in [2.75, 3.05) is 0 Å². The van der Waals surface area contributed by atoms with Gasteiger partial charge in [-0.25, -0.2) is 13.4 Å². The normalized spacial score (nSPS) is 12.2. The third-order valence-corrected chi connectivity index (χ3v) is 8.36. The second-order valence-electron chi connectivity index (χ2n) is 9.16. The smallest absolute Gasteiger partial charge is 0.277 e.